The zero-order valence-corrected chi connectivity index (χ0v) is 12.3. The molecule has 1 aromatic rings. The van der Waals surface area contributed by atoms with Crippen LogP contribution in [0.15, 0.2) is 24.3 Å². The van der Waals surface area contributed by atoms with Gasteiger partial charge in [-0.3, -0.25) is 0 Å². The van der Waals surface area contributed by atoms with Gasteiger partial charge < -0.3 is 10.4 Å². The van der Waals surface area contributed by atoms with Crippen LogP contribution in [0.3, 0.4) is 0 Å². The Morgan fingerprint density at radius 1 is 1.00 bits per heavy atom. The van der Waals surface area contributed by atoms with Crippen LogP contribution < -0.4 is 5.32 Å². The van der Waals surface area contributed by atoms with Gasteiger partial charge in [-0.25, -0.2) is 4.79 Å². The number of benzene rings is 1. The molecule has 4 aliphatic rings. The number of carboxylic acid groups (broad SMARTS) is 1. The molecule has 0 atom stereocenters. The Hall–Kier alpha value is -1.35. The molecule has 4 fully saturated rings. The normalized spacial score (nSPS) is 36.9. The van der Waals surface area contributed by atoms with Gasteiger partial charge in [0.2, 0.25) is 0 Å². The summed E-state index contributed by atoms with van der Waals surface area (Å²) in [5, 5.41) is 12.7. The van der Waals surface area contributed by atoms with Crippen LogP contribution in [0.25, 0.3) is 0 Å². The second-order valence-electron chi connectivity index (χ2n) is 7.34. The second kappa shape index (κ2) is 5.13. The van der Waals surface area contributed by atoms with E-state index >= 15 is 0 Å². The molecule has 0 heterocycles. The first-order valence-corrected chi connectivity index (χ1v) is 8.24. The third-order valence-corrected chi connectivity index (χ3v) is 5.97. The molecule has 0 amide bonds. The molecule has 112 valence electrons. The van der Waals surface area contributed by atoms with Gasteiger partial charge in [-0.1, -0.05) is 12.1 Å². The molecule has 0 saturated heterocycles. The van der Waals surface area contributed by atoms with Gasteiger partial charge in [-0.15, -0.1) is 0 Å². The summed E-state index contributed by atoms with van der Waals surface area (Å²) in [6, 6.07) is 7.97. The van der Waals surface area contributed by atoms with E-state index in [-0.39, 0.29) is 0 Å². The van der Waals surface area contributed by atoms with Crippen LogP contribution in [0.2, 0.25) is 0 Å². The first-order chi connectivity index (χ1) is 10.2. The fourth-order valence-electron chi connectivity index (χ4n) is 5.26. The fourth-order valence-corrected chi connectivity index (χ4v) is 5.26. The highest BCUT2D eigenvalue weighted by Crippen LogP contribution is 2.53. The molecular formula is C18H23NO2. The fraction of sp³-hybridized carbons (Fsp3) is 0.611. The Morgan fingerprint density at radius 3 is 2.10 bits per heavy atom. The van der Waals surface area contributed by atoms with Gasteiger partial charge in [-0.05, 0) is 73.5 Å². The maximum absolute atomic E-state index is 10.9. The van der Waals surface area contributed by atoms with Crippen LogP contribution in [0.4, 0.5) is 0 Å². The van der Waals surface area contributed by atoms with Crippen molar-refractivity contribution in [1.82, 2.24) is 5.32 Å². The summed E-state index contributed by atoms with van der Waals surface area (Å²) in [6.07, 6.45) is 7.23. The van der Waals surface area contributed by atoms with Crippen LogP contribution in [0, 0.1) is 23.7 Å². The summed E-state index contributed by atoms with van der Waals surface area (Å²) in [5.41, 5.74) is 1.56. The summed E-state index contributed by atoms with van der Waals surface area (Å²) in [7, 11) is 0. The second-order valence-corrected chi connectivity index (χ2v) is 7.34. The Labute approximate surface area is 125 Å². The van der Waals surface area contributed by atoms with Crippen molar-refractivity contribution in [3.05, 3.63) is 35.4 Å². The third kappa shape index (κ3) is 2.48. The van der Waals surface area contributed by atoms with Crippen molar-refractivity contribution in [2.24, 2.45) is 23.7 Å². The lowest BCUT2D eigenvalue weighted by Crippen LogP contribution is -2.54. The molecule has 5 rings (SSSR count). The first-order valence-electron chi connectivity index (χ1n) is 8.24. The monoisotopic (exact) mass is 285 g/mol. The molecule has 21 heavy (non-hydrogen) atoms. The lowest BCUT2D eigenvalue weighted by atomic mass is 9.54. The van der Waals surface area contributed by atoms with Crippen molar-refractivity contribution >= 4 is 5.97 Å². The largest absolute Gasteiger partial charge is 0.478 e. The van der Waals surface area contributed by atoms with E-state index in [0.717, 1.165) is 30.2 Å². The van der Waals surface area contributed by atoms with Crippen molar-refractivity contribution in [1.29, 1.82) is 0 Å². The molecule has 3 heteroatoms. The van der Waals surface area contributed by atoms with E-state index in [4.69, 9.17) is 5.11 Å². The minimum atomic E-state index is -0.851. The number of carbonyl (C=O) groups is 1. The average molecular weight is 285 g/mol. The van der Waals surface area contributed by atoms with Gasteiger partial charge >= 0.3 is 5.97 Å². The molecule has 0 spiro atoms. The molecule has 1 aromatic carbocycles. The molecule has 0 aromatic heterocycles. The Kier molecular flexibility index (Phi) is 3.26. The topological polar surface area (TPSA) is 49.3 Å². The number of aromatic carboxylic acids is 1. The van der Waals surface area contributed by atoms with E-state index in [0.29, 0.717) is 11.6 Å². The predicted octanol–water partition coefficient (Wildman–Crippen LogP) is 3.30. The first kappa shape index (κ1) is 13.3. The zero-order valence-electron chi connectivity index (χ0n) is 12.3. The van der Waals surface area contributed by atoms with E-state index in [1.807, 2.05) is 12.1 Å². The molecule has 0 radical (unpaired) electrons. The van der Waals surface area contributed by atoms with Crippen molar-refractivity contribution in [3.63, 3.8) is 0 Å². The third-order valence-electron chi connectivity index (χ3n) is 5.97. The summed E-state index contributed by atoms with van der Waals surface area (Å²) in [5.74, 6) is 2.95. The van der Waals surface area contributed by atoms with Gasteiger partial charge in [0.1, 0.15) is 0 Å². The standard InChI is InChI=1S/C18H23NO2/c20-18(21)14-3-1-11(2-4-14)10-19-17-15-6-12-5-13(8-15)9-16(17)7-12/h1-4,12-13,15-17,19H,5-10H2,(H,20,21). The number of hydrogen-bond donors (Lipinski definition) is 2. The Bertz CT molecular complexity index is 509. The Morgan fingerprint density at radius 2 is 1.57 bits per heavy atom. The number of carboxylic acids is 1. The van der Waals surface area contributed by atoms with E-state index in [9.17, 15) is 4.79 Å². The molecule has 4 saturated carbocycles. The van der Waals surface area contributed by atoms with Gasteiger partial charge in [-0.2, -0.15) is 0 Å². The van der Waals surface area contributed by atoms with Crippen LogP contribution in [-0.4, -0.2) is 17.1 Å². The van der Waals surface area contributed by atoms with Crippen molar-refractivity contribution < 1.29 is 9.90 Å². The smallest absolute Gasteiger partial charge is 0.335 e. The maximum Gasteiger partial charge on any atom is 0.335 e. The number of hydrogen-bond acceptors (Lipinski definition) is 2. The molecule has 4 aliphatic carbocycles. The zero-order chi connectivity index (χ0) is 14.4. The lowest BCUT2D eigenvalue weighted by molar-refractivity contribution is -0.0142. The lowest BCUT2D eigenvalue weighted by Gasteiger charge is -2.54. The molecule has 3 nitrogen and oxygen atoms in total. The highest BCUT2D eigenvalue weighted by Gasteiger charge is 2.47. The minimum absolute atomic E-state index is 0.369. The Balaban J connectivity index is 1.39. The summed E-state index contributed by atoms with van der Waals surface area (Å²) < 4.78 is 0. The van der Waals surface area contributed by atoms with Gasteiger partial charge in [0.05, 0.1) is 5.56 Å². The number of nitrogens with one attached hydrogen (secondary N) is 1. The molecule has 2 N–H and O–H groups in total. The minimum Gasteiger partial charge on any atom is -0.478 e. The van der Waals surface area contributed by atoms with Crippen LogP contribution >= 0.6 is 0 Å². The molecular weight excluding hydrogens is 262 g/mol. The van der Waals surface area contributed by atoms with E-state index < -0.39 is 5.97 Å². The van der Waals surface area contributed by atoms with Crippen molar-refractivity contribution in [2.45, 2.75) is 44.7 Å². The molecule has 0 aliphatic heterocycles. The van der Waals surface area contributed by atoms with Crippen molar-refractivity contribution in [2.75, 3.05) is 0 Å². The van der Waals surface area contributed by atoms with Gasteiger partial charge in [0.15, 0.2) is 0 Å². The maximum atomic E-state index is 10.9. The highest BCUT2D eigenvalue weighted by molar-refractivity contribution is 5.87. The van der Waals surface area contributed by atoms with Crippen molar-refractivity contribution in [3.8, 4) is 0 Å². The number of rotatable bonds is 4. The molecule has 4 bridgehead atoms. The van der Waals surface area contributed by atoms with Crippen LogP contribution in [0.1, 0.15) is 48.0 Å². The summed E-state index contributed by atoms with van der Waals surface area (Å²) >= 11 is 0. The SMILES string of the molecule is O=C(O)c1ccc(CNC2C3CC4CC(C3)CC2C4)cc1. The van der Waals surface area contributed by atoms with E-state index in [1.54, 1.807) is 12.1 Å². The highest BCUT2D eigenvalue weighted by atomic mass is 16.4. The van der Waals surface area contributed by atoms with E-state index in [1.165, 1.54) is 37.7 Å². The quantitative estimate of drug-likeness (QED) is 0.892. The van der Waals surface area contributed by atoms with E-state index in [2.05, 4.69) is 5.32 Å². The summed E-state index contributed by atoms with van der Waals surface area (Å²) in [6.45, 7) is 0.868. The predicted molar refractivity (Wildman–Crippen MR) is 81.1 cm³/mol. The van der Waals surface area contributed by atoms with Gasteiger partial charge in [0.25, 0.3) is 0 Å². The summed E-state index contributed by atoms with van der Waals surface area (Å²) in [4.78, 5) is 10.9. The van der Waals surface area contributed by atoms with Crippen LogP contribution in [-0.2, 0) is 6.54 Å². The van der Waals surface area contributed by atoms with Gasteiger partial charge in [0, 0.05) is 12.6 Å². The average Bonchev–Trinajstić information content (AvgIpc) is 2.46. The van der Waals surface area contributed by atoms with Crippen LogP contribution in [0.5, 0.6) is 0 Å². The molecule has 0 unspecified atom stereocenters.